The molecule has 1 aliphatic heterocycles. The van der Waals surface area contributed by atoms with Crippen molar-refractivity contribution in [2.24, 2.45) is 0 Å². The number of aromatic nitrogens is 3. The zero-order valence-electron chi connectivity index (χ0n) is 20.2. The maximum absolute atomic E-state index is 13.3. The van der Waals surface area contributed by atoms with E-state index in [9.17, 15) is 18.5 Å². The quantitative estimate of drug-likeness (QED) is 0.416. The fourth-order valence-corrected chi connectivity index (χ4v) is 5.57. The number of carbonyl (C=O) groups is 1. The molecule has 37 heavy (non-hydrogen) atoms. The number of sulfonamides is 1. The Labute approximate surface area is 216 Å². The van der Waals surface area contributed by atoms with Crippen molar-refractivity contribution in [2.45, 2.75) is 17.9 Å². The van der Waals surface area contributed by atoms with Crippen molar-refractivity contribution in [1.82, 2.24) is 19.4 Å². The van der Waals surface area contributed by atoms with Gasteiger partial charge in [-0.3, -0.25) is 9.52 Å². The van der Waals surface area contributed by atoms with E-state index in [-0.39, 0.29) is 18.0 Å². The minimum atomic E-state index is -3.77. The van der Waals surface area contributed by atoms with Gasteiger partial charge in [0.2, 0.25) is 5.91 Å². The molecule has 1 fully saturated rings. The van der Waals surface area contributed by atoms with Gasteiger partial charge in [0.05, 0.1) is 16.0 Å². The molecule has 0 radical (unpaired) electrons. The predicted molar refractivity (Wildman–Crippen MR) is 142 cm³/mol. The van der Waals surface area contributed by atoms with E-state index in [4.69, 9.17) is 0 Å². The predicted octanol–water partition coefficient (Wildman–Crippen LogP) is 3.26. The summed E-state index contributed by atoms with van der Waals surface area (Å²) in [5, 5.41) is 10.3. The van der Waals surface area contributed by atoms with Crippen LogP contribution in [0.5, 0.6) is 0 Å². The number of piperazine rings is 1. The Hall–Kier alpha value is -4.43. The van der Waals surface area contributed by atoms with Gasteiger partial charge in [0, 0.05) is 51.1 Å². The number of hydrogen-bond acceptors (Lipinski definition) is 7. The van der Waals surface area contributed by atoms with Gasteiger partial charge < -0.3 is 14.4 Å². The zero-order chi connectivity index (χ0) is 26.0. The summed E-state index contributed by atoms with van der Waals surface area (Å²) in [6.45, 7) is 4.20. The molecule has 2 aromatic heterocycles. The Kier molecular flexibility index (Phi) is 6.50. The molecule has 3 heterocycles. The third kappa shape index (κ3) is 4.83. The van der Waals surface area contributed by atoms with Gasteiger partial charge in [0.25, 0.3) is 10.0 Å². The summed E-state index contributed by atoms with van der Waals surface area (Å²) in [6.07, 6.45) is 4.48. The van der Waals surface area contributed by atoms with Crippen LogP contribution in [0.3, 0.4) is 0 Å². The second kappa shape index (κ2) is 9.91. The van der Waals surface area contributed by atoms with Gasteiger partial charge in [-0.25, -0.2) is 18.4 Å². The van der Waals surface area contributed by atoms with Crippen LogP contribution in [0.1, 0.15) is 20.0 Å². The van der Waals surface area contributed by atoms with Gasteiger partial charge >= 0.3 is 0 Å². The number of nitrogens with one attached hydrogen (secondary N) is 1. The molecule has 1 aliphatic rings. The van der Waals surface area contributed by atoms with Gasteiger partial charge in [-0.2, -0.15) is 5.26 Å². The Morgan fingerprint density at radius 1 is 1.08 bits per heavy atom. The Morgan fingerprint density at radius 2 is 1.81 bits per heavy atom. The summed E-state index contributed by atoms with van der Waals surface area (Å²) in [4.78, 5) is 25.1. The number of rotatable bonds is 6. The summed E-state index contributed by atoms with van der Waals surface area (Å²) in [5.41, 5.74) is 2.30. The first kappa shape index (κ1) is 24.3. The van der Waals surface area contributed by atoms with Gasteiger partial charge in [-0.15, -0.1) is 0 Å². The molecule has 11 heteroatoms. The van der Waals surface area contributed by atoms with Crippen LogP contribution >= 0.6 is 0 Å². The van der Waals surface area contributed by atoms with Crippen molar-refractivity contribution in [3.63, 3.8) is 0 Å². The SMILES string of the molecule is CC(C(=O)N1CCN(c2ccc(S(=O)(=O)Nc3ccncn3)cc2)CC1)n1cc(C#N)c2ccccc21.[HH]. The third-order valence-corrected chi connectivity index (χ3v) is 7.93. The average molecular weight is 518 g/mol. The van der Waals surface area contributed by atoms with Gasteiger partial charge in [0.1, 0.15) is 24.3 Å². The lowest BCUT2D eigenvalue weighted by molar-refractivity contribution is -0.134. The van der Waals surface area contributed by atoms with E-state index in [1.54, 1.807) is 30.5 Å². The number of nitrogens with zero attached hydrogens (tertiary/aromatic N) is 6. The first-order valence-electron chi connectivity index (χ1n) is 11.8. The summed E-state index contributed by atoms with van der Waals surface area (Å²) in [6, 6.07) is 17.5. The largest absolute Gasteiger partial charge is 0.368 e. The minimum Gasteiger partial charge on any atom is -0.368 e. The molecule has 0 saturated carbocycles. The number of hydrogen-bond donors (Lipinski definition) is 1. The Morgan fingerprint density at radius 3 is 2.49 bits per heavy atom. The molecular formula is C26H27N7O3S. The molecule has 1 atom stereocenters. The number of anilines is 2. The van der Waals surface area contributed by atoms with Crippen LogP contribution in [-0.4, -0.2) is 59.9 Å². The monoisotopic (exact) mass is 517 g/mol. The van der Waals surface area contributed by atoms with E-state index in [0.717, 1.165) is 16.6 Å². The molecule has 1 saturated heterocycles. The van der Waals surface area contributed by atoms with Crippen molar-refractivity contribution in [3.05, 3.63) is 78.9 Å². The Bertz CT molecular complexity index is 1580. The molecule has 1 amide bonds. The lowest BCUT2D eigenvalue weighted by atomic mass is 10.2. The third-order valence-electron chi connectivity index (χ3n) is 6.56. The van der Waals surface area contributed by atoms with Crippen LogP contribution in [0.25, 0.3) is 10.9 Å². The summed E-state index contributed by atoms with van der Waals surface area (Å²) >= 11 is 0. The lowest BCUT2D eigenvalue weighted by Crippen LogP contribution is -2.50. The van der Waals surface area contributed by atoms with E-state index in [0.29, 0.717) is 31.7 Å². The Balaban J connectivity index is 0.00000336. The molecule has 190 valence electrons. The van der Waals surface area contributed by atoms with E-state index in [1.807, 2.05) is 40.7 Å². The van der Waals surface area contributed by atoms with E-state index in [2.05, 4.69) is 25.7 Å². The van der Waals surface area contributed by atoms with Crippen LogP contribution in [0.4, 0.5) is 11.5 Å². The summed E-state index contributed by atoms with van der Waals surface area (Å²) in [5.74, 6) is 0.202. The van der Waals surface area contributed by atoms with Crippen molar-refractivity contribution in [1.29, 1.82) is 5.26 Å². The standard InChI is InChI=1S/C26H25N7O3S.H2/c1-19(33-17-20(16-27)23-4-2-3-5-24(23)33)26(34)32-14-12-31(13-15-32)21-6-8-22(9-7-21)37(35,36)30-25-10-11-28-18-29-25;/h2-11,17-19H,12-15H2,1H3,(H,28,29,30);1H. The van der Waals surface area contributed by atoms with Crippen LogP contribution in [0, 0.1) is 11.3 Å². The average Bonchev–Trinajstić information content (AvgIpc) is 3.31. The topological polar surface area (TPSA) is 124 Å². The number of para-hydroxylation sites is 1. The molecule has 0 bridgehead atoms. The second-order valence-corrected chi connectivity index (χ2v) is 10.4. The maximum atomic E-state index is 13.3. The highest BCUT2D eigenvalue weighted by molar-refractivity contribution is 7.92. The van der Waals surface area contributed by atoms with Gasteiger partial charge in [-0.05, 0) is 43.3 Å². The summed E-state index contributed by atoms with van der Waals surface area (Å²) < 4.78 is 29.6. The number of benzene rings is 2. The highest BCUT2D eigenvalue weighted by Crippen LogP contribution is 2.26. The smallest absolute Gasteiger partial charge is 0.263 e. The van der Waals surface area contributed by atoms with E-state index >= 15 is 0 Å². The molecule has 10 nitrogen and oxygen atoms in total. The van der Waals surface area contributed by atoms with Gasteiger partial charge in [-0.1, -0.05) is 18.2 Å². The molecular weight excluding hydrogens is 490 g/mol. The molecule has 1 N–H and O–H groups in total. The highest BCUT2D eigenvalue weighted by atomic mass is 32.2. The van der Waals surface area contributed by atoms with Crippen molar-refractivity contribution in [2.75, 3.05) is 35.8 Å². The minimum absolute atomic E-state index is 0. The van der Waals surface area contributed by atoms with E-state index < -0.39 is 16.1 Å². The zero-order valence-corrected chi connectivity index (χ0v) is 21.0. The molecule has 5 rings (SSSR count). The lowest BCUT2D eigenvalue weighted by Gasteiger charge is -2.37. The number of carbonyl (C=O) groups excluding carboxylic acids is 1. The van der Waals surface area contributed by atoms with Crippen LogP contribution in [-0.2, 0) is 14.8 Å². The maximum Gasteiger partial charge on any atom is 0.263 e. The molecule has 2 aromatic carbocycles. The van der Waals surface area contributed by atoms with Crippen molar-refractivity contribution >= 4 is 38.3 Å². The van der Waals surface area contributed by atoms with Crippen LogP contribution < -0.4 is 9.62 Å². The van der Waals surface area contributed by atoms with Crippen molar-refractivity contribution in [3.8, 4) is 6.07 Å². The van der Waals surface area contributed by atoms with Gasteiger partial charge in [0.15, 0.2) is 0 Å². The second-order valence-electron chi connectivity index (χ2n) is 8.76. The first-order valence-corrected chi connectivity index (χ1v) is 13.3. The van der Waals surface area contributed by atoms with Crippen LogP contribution in [0.2, 0.25) is 0 Å². The molecule has 0 spiro atoms. The number of nitriles is 1. The van der Waals surface area contributed by atoms with Crippen LogP contribution in [0.15, 0.2) is 78.2 Å². The molecule has 0 aliphatic carbocycles. The fraction of sp³-hybridized carbons (Fsp3) is 0.231. The molecule has 4 aromatic rings. The summed E-state index contributed by atoms with van der Waals surface area (Å²) in [7, 11) is -3.77. The first-order chi connectivity index (χ1) is 17.9. The number of fused-ring (bicyclic) bond motifs is 1. The highest BCUT2D eigenvalue weighted by Gasteiger charge is 2.27. The molecule has 1 unspecified atom stereocenters. The fourth-order valence-electron chi connectivity index (χ4n) is 4.57. The normalized spacial score (nSPS) is 14.8. The van der Waals surface area contributed by atoms with Crippen molar-refractivity contribution < 1.29 is 14.6 Å². The van der Waals surface area contributed by atoms with E-state index in [1.165, 1.54) is 18.6 Å². The number of amides is 1.